The van der Waals surface area contributed by atoms with Crippen molar-refractivity contribution >= 4 is 17.9 Å². The molecule has 0 aliphatic rings. The molecule has 1 rings (SSSR count). The van der Waals surface area contributed by atoms with Crippen LogP contribution in [0, 0.1) is 11.3 Å². The van der Waals surface area contributed by atoms with Gasteiger partial charge in [-0.3, -0.25) is 5.32 Å². The van der Waals surface area contributed by atoms with Gasteiger partial charge in [-0.15, -0.1) is 0 Å². The number of ether oxygens (including phenoxy) is 2. The maximum atomic E-state index is 12.0. The molecule has 2 N–H and O–H groups in total. The highest BCUT2D eigenvalue weighted by Gasteiger charge is 2.19. The smallest absolute Gasteiger partial charge is 0.412 e. The molecule has 0 heterocycles. The van der Waals surface area contributed by atoms with Crippen molar-refractivity contribution in [1.82, 2.24) is 5.32 Å². The van der Waals surface area contributed by atoms with E-state index in [0.717, 1.165) is 0 Å². The van der Waals surface area contributed by atoms with Crippen LogP contribution in [-0.4, -0.2) is 23.4 Å². The van der Waals surface area contributed by atoms with E-state index in [4.69, 9.17) is 14.7 Å². The van der Waals surface area contributed by atoms with Crippen LogP contribution >= 0.6 is 0 Å². The zero-order valence-electron chi connectivity index (χ0n) is 15.5. The zero-order valence-corrected chi connectivity index (χ0v) is 15.5. The van der Waals surface area contributed by atoms with E-state index in [1.807, 2.05) is 6.07 Å². The van der Waals surface area contributed by atoms with Gasteiger partial charge < -0.3 is 14.8 Å². The van der Waals surface area contributed by atoms with Crippen molar-refractivity contribution in [3.05, 3.63) is 29.3 Å². The number of rotatable bonds is 3. The molecule has 1 aromatic rings. The van der Waals surface area contributed by atoms with Crippen LogP contribution in [-0.2, 0) is 16.0 Å². The van der Waals surface area contributed by atoms with Crippen molar-refractivity contribution in [3.8, 4) is 6.07 Å². The molecule has 136 valence electrons. The molecular formula is C18H25N3O4. The van der Waals surface area contributed by atoms with Crippen LogP contribution in [0.15, 0.2) is 18.2 Å². The van der Waals surface area contributed by atoms with Gasteiger partial charge >= 0.3 is 12.2 Å². The lowest BCUT2D eigenvalue weighted by atomic mass is 10.1. The number of anilines is 1. The Balaban J connectivity index is 2.87. The first-order valence-electron chi connectivity index (χ1n) is 7.89. The molecule has 7 heteroatoms. The minimum absolute atomic E-state index is 0.0928. The maximum Gasteiger partial charge on any atom is 0.412 e. The minimum Gasteiger partial charge on any atom is -0.444 e. The molecule has 7 nitrogen and oxygen atoms in total. The summed E-state index contributed by atoms with van der Waals surface area (Å²) >= 11 is 0. The van der Waals surface area contributed by atoms with Crippen LogP contribution in [0.5, 0.6) is 0 Å². The summed E-state index contributed by atoms with van der Waals surface area (Å²) in [5.41, 5.74) is 0.178. The topological polar surface area (TPSA) is 100 Å². The van der Waals surface area contributed by atoms with Crippen molar-refractivity contribution in [2.24, 2.45) is 0 Å². The summed E-state index contributed by atoms with van der Waals surface area (Å²) in [6.07, 6.45) is -1.20. The first-order valence-corrected chi connectivity index (χ1v) is 7.89. The molecule has 2 amide bonds. The number of hydrogen-bond acceptors (Lipinski definition) is 5. The zero-order chi connectivity index (χ0) is 19.3. The van der Waals surface area contributed by atoms with Crippen LogP contribution < -0.4 is 10.6 Å². The number of amides is 2. The third-order valence-corrected chi connectivity index (χ3v) is 2.69. The average Bonchev–Trinajstić information content (AvgIpc) is 2.42. The van der Waals surface area contributed by atoms with E-state index in [1.165, 1.54) is 0 Å². The average molecular weight is 347 g/mol. The summed E-state index contributed by atoms with van der Waals surface area (Å²) in [4.78, 5) is 23.7. The number of nitrogens with zero attached hydrogens (tertiary/aromatic N) is 1. The van der Waals surface area contributed by atoms with Gasteiger partial charge in [-0.1, -0.05) is 0 Å². The molecule has 0 spiro atoms. The second-order valence-corrected chi connectivity index (χ2v) is 7.47. The summed E-state index contributed by atoms with van der Waals surface area (Å²) in [5.74, 6) is 0. The van der Waals surface area contributed by atoms with Gasteiger partial charge in [0.15, 0.2) is 0 Å². The quantitative estimate of drug-likeness (QED) is 0.863. The van der Waals surface area contributed by atoms with Gasteiger partial charge in [0, 0.05) is 12.2 Å². The molecule has 0 bridgehead atoms. The van der Waals surface area contributed by atoms with Crippen molar-refractivity contribution in [1.29, 1.82) is 5.26 Å². The second kappa shape index (κ2) is 7.88. The largest absolute Gasteiger partial charge is 0.444 e. The van der Waals surface area contributed by atoms with E-state index in [0.29, 0.717) is 16.8 Å². The van der Waals surface area contributed by atoms with E-state index >= 15 is 0 Å². The van der Waals surface area contributed by atoms with Gasteiger partial charge in [-0.05, 0) is 65.3 Å². The van der Waals surface area contributed by atoms with Crippen molar-refractivity contribution < 1.29 is 19.1 Å². The molecule has 0 unspecified atom stereocenters. The van der Waals surface area contributed by atoms with E-state index in [1.54, 1.807) is 59.7 Å². The van der Waals surface area contributed by atoms with Crippen LogP contribution in [0.4, 0.5) is 15.3 Å². The van der Waals surface area contributed by atoms with Gasteiger partial charge in [-0.2, -0.15) is 5.26 Å². The lowest BCUT2D eigenvalue weighted by Gasteiger charge is -2.21. The fourth-order valence-corrected chi connectivity index (χ4v) is 1.83. The number of nitrogens with one attached hydrogen (secondary N) is 2. The van der Waals surface area contributed by atoms with Gasteiger partial charge in [0.2, 0.25) is 0 Å². The molecule has 0 fully saturated rings. The number of nitriles is 1. The fourth-order valence-electron chi connectivity index (χ4n) is 1.83. The number of benzene rings is 1. The Morgan fingerprint density at radius 1 is 1.04 bits per heavy atom. The molecular weight excluding hydrogens is 322 g/mol. The van der Waals surface area contributed by atoms with Gasteiger partial charge in [-0.25, -0.2) is 9.59 Å². The number of alkyl carbamates (subject to hydrolysis) is 1. The molecule has 0 saturated heterocycles. The highest BCUT2D eigenvalue weighted by Crippen LogP contribution is 2.19. The third kappa shape index (κ3) is 8.06. The van der Waals surface area contributed by atoms with Gasteiger partial charge in [0.25, 0.3) is 0 Å². The lowest BCUT2D eigenvalue weighted by molar-refractivity contribution is 0.0523. The van der Waals surface area contributed by atoms with E-state index < -0.39 is 23.4 Å². The first kappa shape index (κ1) is 20.3. The van der Waals surface area contributed by atoms with Crippen LogP contribution in [0.2, 0.25) is 0 Å². The molecule has 0 aromatic heterocycles. The van der Waals surface area contributed by atoms with E-state index in [2.05, 4.69) is 10.6 Å². The standard InChI is InChI=1S/C18H25N3O4/c1-17(2,3)24-15(22)20-11-13-9-12(10-19)7-8-14(13)21-16(23)25-18(4,5)6/h7-9H,11H2,1-6H3,(H,20,22)(H,21,23). The molecule has 0 radical (unpaired) electrons. The molecule has 0 aliphatic heterocycles. The Bertz CT molecular complexity index is 679. The number of hydrogen-bond donors (Lipinski definition) is 2. The molecule has 0 atom stereocenters. The summed E-state index contributed by atoms with van der Waals surface area (Å²) in [6.45, 7) is 10.7. The predicted molar refractivity (Wildman–Crippen MR) is 94.1 cm³/mol. The third-order valence-electron chi connectivity index (χ3n) is 2.69. The minimum atomic E-state index is -0.633. The number of carbonyl (C=O) groups is 2. The summed E-state index contributed by atoms with van der Waals surface area (Å²) < 4.78 is 10.4. The lowest BCUT2D eigenvalue weighted by Crippen LogP contribution is -2.32. The fraction of sp³-hybridized carbons (Fsp3) is 0.500. The molecule has 0 saturated carbocycles. The normalized spacial score (nSPS) is 11.2. The summed E-state index contributed by atoms with van der Waals surface area (Å²) in [7, 11) is 0. The second-order valence-electron chi connectivity index (χ2n) is 7.47. The van der Waals surface area contributed by atoms with Crippen LogP contribution in [0.25, 0.3) is 0 Å². The highest BCUT2D eigenvalue weighted by atomic mass is 16.6. The summed E-state index contributed by atoms with van der Waals surface area (Å²) in [6, 6.07) is 6.78. The molecule has 1 aromatic carbocycles. The Labute approximate surface area is 148 Å². The SMILES string of the molecule is CC(C)(C)OC(=O)NCc1cc(C#N)ccc1NC(=O)OC(C)(C)C. The van der Waals surface area contributed by atoms with E-state index in [9.17, 15) is 9.59 Å². The van der Waals surface area contributed by atoms with Crippen LogP contribution in [0.1, 0.15) is 52.7 Å². The Morgan fingerprint density at radius 2 is 1.60 bits per heavy atom. The Morgan fingerprint density at radius 3 is 2.12 bits per heavy atom. The van der Waals surface area contributed by atoms with Crippen molar-refractivity contribution in [2.45, 2.75) is 59.3 Å². The van der Waals surface area contributed by atoms with Gasteiger partial charge in [0.05, 0.1) is 11.6 Å². The Kier molecular flexibility index (Phi) is 6.40. The van der Waals surface area contributed by atoms with Crippen LogP contribution in [0.3, 0.4) is 0 Å². The Hall–Kier alpha value is -2.75. The predicted octanol–water partition coefficient (Wildman–Crippen LogP) is 3.93. The molecule has 0 aliphatic carbocycles. The highest BCUT2D eigenvalue weighted by molar-refractivity contribution is 5.86. The number of carbonyl (C=O) groups excluding carboxylic acids is 2. The maximum absolute atomic E-state index is 12.0. The monoisotopic (exact) mass is 347 g/mol. The molecule has 25 heavy (non-hydrogen) atoms. The van der Waals surface area contributed by atoms with Crippen molar-refractivity contribution in [3.63, 3.8) is 0 Å². The van der Waals surface area contributed by atoms with Crippen molar-refractivity contribution in [2.75, 3.05) is 5.32 Å². The summed E-state index contributed by atoms with van der Waals surface area (Å²) in [5, 5.41) is 14.3. The first-order chi connectivity index (χ1) is 11.4. The van der Waals surface area contributed by atoms with E-state index in [-0.39, 0.29) is 6.54 Å². The van der Waals surface area contributed by atoms with Gasteiger partial charge in [0.1, 0.15) is 11.2 Å².